The summed E-state index contributed by atoms with van der Waals surface area (Å²) in [5.41, 5.74) is -3.63. The van der Waals surface area contributed by atoms with Crippen LogP contribution in [0.25, 0.3) is 0 Å². The van der Waals surface area contributed by atoms with E-state index in [2.05, 4.69) is 5.32 Å². The number of benzene rings is 2. The first-order valence-corrected chi connectivity index (χ1v) is 12.1. The van der Waals surface area contributed by atoms with Crippen molar-refractivity contribution in [2.45, 2.75) is 56.6 Å². The molecule has 2 fully saturated rings. The molecular formula is C26H24F5N3O4. The number of piperidine rings is 2. The summed E-state index contributed by atoms with van der Waals surface area (Å²) in [5.74, 6) is -4.12. The zero-order chi connectivity index (χ0) is 27.4. The molecule has 0 aromatic heterocycles. The zero-order valence-corrected chi connectivity index (χ0v) is 20.1. The van der Waals surface area contributed by atoms with Crippen molar-refractivity contribution in [2.75, 3.05) is 13.1 Å². The van der Waals surface area contributed by atoms with Crippen molar-refractivity contribution in [1.82, 2.24) is 15.1 Å². The van der Waals surface area contributed by atoms with Crippen molar-refractivity contribution in [2.24, 2.45) is 0 Å². The SMILES string of the molecule is O=C1CCC(N2Cc3c(cc(F)c(C4(O)CCN(Cc5ccccc5C(F)(F)F)CC4)c3F)C2=O)C(=O)N1. The van der Waals surface area contributed by atoms with Gasteiger partial charge >= 0.3 is 6.18 Å². The van der Waals surface area contributed by atoms with Crippen LogP contribution in [-0.2, 0) is 34.5 Å². The van der Waals surface area contributed by atoms with Gasteiger partial charge in [0.1, 0.15) is 17.7 Å². The van der Waals surface area contributed by atoms with Gasteiger partial charge in [-0.1, -0.05) is 18.2 Å². The van der Waals surface area contributed by atoms with Crippen LogP contribution in [0.4, 0.5) is 22.0 Å². The van der Waals surface area contributed by atoms with Gasteiger partial charge in [-0.2, -0.15) is 13.2 Å². The Morgan fingerprint density at radius 3 is 2.42 bits per heavy atom. The van der Waals surface area contributed by atoms with E-state index in [0.29, 0.717) is 0 Å². The minimum absolute atomic E-state index is 0.00230. The minimum atomic E-state index is -4.52. The van der Waals surface area contributed by atoms with E-state index in [9.17, 15) is 32.7 Å². The van der Waals surface area contributed by atoms with Crippen molar-refractivity contribution in [1.29, 1.82) is 0 Å². The monoisotopic (exact) mass is 537 g/mol. The van der Waals surface area contributed by atoms with Crippen molar-refractivity contribution in [3.05, 3.63) is 69.8 Å². The van der Waals surface area contributed by atoms with E-state index in [4.69, 9.17) is 0 Å². The number of likely N-dealkylation sites (tertiary alicyclic amines) is 1. The minimum Gasteiger partial charge on any atom is -0.385 e. The van der Waals surface area contributed by atoms with E-state index in [0.717, 1.165) is 17.0 Å². The van der Waals surface area contributed by atoms with Gasteiger partial charge < -0.3 is 10.0 Å². The highest BCUT2D eigenvalue weighted by Crippen LogP contribution is 2.41. The Kier molecular flexibility index (Phi) is 6.50. The molecule has 1 unspecified atom stereocenters. The average molecular weight is 537 g/mol. The summed E-state index contributed by atoms with van der Waals surface area (Å²) in [7, 11) is 0. The third kappa shape index (κ3) is 4.55. The lowest BCUT2D eigenvalue weighted by atomic mass is 9.82. The largest absolute Gasteiger partial charge is 0.416 e. The van der Waals surface area contributed by atoms with Crippen LogP contribution in [0, 0.1) is 11.6 Å². The first-order valence-electron chi connectivity index (χ1n) is 12.1. The lowest BCUT2D eigenvalue weighted by Crippen LogP contribution is -2.52. The van der Waals surface area contributed by atoms with Gasteiger partial charge in [-0.15, -0.1) is 0 Å². The molecule has 12 heteroatoms. The van der Waals surface area contributed by atoms with Crippen LogP contribution in [0.1, 0.15) is 58.3 Å². The molecule has 5 rings (SSSR count). The Bertz CT molecular complexity index is 1320. The molecule has 3 aliphatic heterocycles. The average Bonchev–Trinajstić information content (AvgIpc) is 3.17. The summed E-state index contributed by atoms with van der Waals surface area (Å²) < 4.78 is 70.9. The molecule has 1 atom stereocenters. The molecule has 2 saturated heterocycles. The van der Waals surface area contributed by atoms with Crippen LogP contribution in [-0.4, -0.2) is 51.8 Å². The Hall–Kier alpha value is -3.38. The molecule has 0 aliphatic carbocycles. The Morgan fingerprint density at radius 2 is 1.76 bits per heavy atom. The molecule has 0 bridgehead atoms. The number of hydrogen-bond donors (Lipinski definition) is 2. The number of rotatable bonds is 4. The normalized spacial score (nSPS) is 22.0. The fourth-order valence-corrected chi connectivity index (χ4v) is 5.57. The van der Waals surface area contributed by atoms with Gasteiger partial charge in [0, 0.05) is 31.6 Å². The molecule has 38 heavy (non-hydrogen) atoms. The standard InChI is InChI=1S/C26H24F5N3O4/c27-18-11-15-16(13-34(24(15)37)19-5-6-20(35)32-23(19)36)22(28)21(18)25(38)7-9-33(10-8-25)12-14-3-1-2-4-17(14)26(29,30)31/h1-4,11,19,38H,5-10,12-13H2,(H,32,35,36). The maximum Gasteiger partial charge on any atom is 0.416 e. The Morgan fingerprint density at radius 1 is 1.08 bits per heavy atom. The van der Waals surface area contributed by atoms with E-state index in [1.165, 1.54) is 18.2 Å². The Labute approximate surface area is 214 Å². The summed E-state index contributed by atoms with van der Waals surface area (Å²) >= 11 is 0. The lowest BCUT2D eigenvalue weighted by molar-refractivity contribution is -0.139. The van der Waals surface area contributed by atoms with Crippen LogP contribution in [0.3, 0.4) is 0 Å². The quantitative estimate of drug-likeness (QED) is 0.462. The topological polar surface area (TPSA) is 90.0 Å². The molecule has 3 aliphatic rings. The second kappa shape index (κ2) is 9.42. The third-order valence-corrected chi connectivity index (χ3v) is 7.59. The van der Waals surface area contributed by atoms with Gasteiger partial charge in [0.25, 0.3) is 5.91 Å². The number of aliphatic hydroxyl groups is 1. The fourth-order valence-electron chi connectivity index (χ4n) is 5.57. The third-order valence-electron chi connectivity index (χ3n) is 7.59. The number of carbonyl (C=O) groups excluding carboxylic acids is 3. The van der Waals surface area contributed by atoms with Crippen LogP contribution in [0.2, 0.25) is 0 Å². The van der Waals surface area contributed by atoms with Gasteiger partial charge in [-0.05, 0) is 37.0 Å². The highest BCUT2D eigenvalue weighted by Gasteiger charge is 2.45. The van der Waals surface area contributed by atoms with Gasteiger partial charge in [-0.3, -0.25) is 24.6 Å². The molecule has 2 aromatic carbocycles. The van der Waals surface area contributed by atoms with E-state index in [-0.39, 0.29) is 68.6 Å². The second-order valence-electron chi connectivity index (χ2n) is 9.94. The van der Waals surface area contributed by atoms with E-state index >= 15 is 8.78 Å². The first-order chi connectivity index (χ1) is 17.9. The number of hydrogen-bond acceptors (Lipinski definition) is 5. The molecule has 7 nitrogen and oxygen atoms in total. The molecule has 0 radical (unpaired) electrons. The molecule has 3 amide bonds. The maximum absolute atomic E-state index is 15.7. The predicted octanol–water partition coefficient (Wildman–Crippen LogP) is 3.23. The smallest absolute Gasteiger partial charge is 0.385 e. The summed E-state index contributed by atoms with van der Waals surface area (Å²) in [6.07, 6.45) is -4.75. The number of carbonyl (C=O) groups is 3. The van der Waals surface area contributed by atoms with Gasteiger partial charge in [0.2, 0.25) is 11.8 Å². The van der Waals surface area contributed by atoms with E-state index in [1.807, 2.05) is 0 Å². The van der Waals surface area contributed by atoms with E-state index in [1.54, 1.807) is 4.90 Å². The molecule has 2 N–H and O–H groups in total. The number of nitrogens with one attached hydrogen (secondary N) is 1. The van der Waals surface area contributed by atoms with Crippen LogP contribution in [0.5, 0.6) is 0 Å². The van der Waals surface area contributed by atoms with E-state index < -0.39 is 58.3 Å². The number of halogens is 5. The highest BCUT2D eigenvalue weighted by molar-refractivity contribution is 6.05. The number of alkyl halides is 3. The maximum atomic E-state index is 15.7. The van der Waals surface area contributed by atoms with Gasteiger partial charge in [-0.25, -0.2) is 8.78 Å². The number of imide groups is 1. The molecule has 3 heterocycles. The van der Waals surface area contributed by atoms with Crippen LogP contribution >= 0.6 is 0 Å². The number of nitrogens with zero attached hydrogens (tertiary/aromatic N) is 2. The molecule has 0 saturated carbocycles. The number of fused-ring (bicyclic) bond motifs is 1. The van der Waals surface area contributed by atoms with Gasteiger partial charge in [0.05, 0.1) is 28.8 Å². The summed E-state index contributed by atoms with van der Waals surface area (Å²) in [4.78, 5) is 39.3. The summed E-state index contributed by atoms with van der Waals surface area (Å²) in [6.45, 7) is -0.202. The van der Waals surface area contributed by atoms with Crippen molar-refractivity contribution in [3.8, 4) is 0 Å². The van der Waals surface area contributed by atoms with Gasteiger partial charge in [0.15, 0.2) is 0 Å². The highest BCUT2D eigenvalue weighted by atomic mass is 19.4. The molecule has 0 spiro atoms. The summed E-state index contributed by atoms with van der Waals surface area (Å²) in [6, 6.07) is 5.00. The lowest BCUT2D eigenvalue weighted by Gasteiger charge is -2.39. The van der Waals surface area contributed by atoms with Crippen LogP contribution in [0.15, 0.2) is 30.3 Å². The zero-order valence-electron chi connectivity index (χ0n) is 20.1. The fraction of sp³-hybridized carbons (Fsp3) is 0.423. The first kappa shape index (κ1) is 26.2. The van der Waals surface area contributed by atoms with Crippen molar-refractivity contribution >= 4 is 17.7 Å². The number of amides is 3. The molecule has 202 valence electrons. The molecular weight excluding hydrogens is 513 g/mol. The predicted molar refractivity (Wildman–Crippen MR) is 122 cm³/mol. The Balaban J connectivity index is 1.35. The summed E-state index contributed by atoms with van der Waals surface area (Å²) in [5, 5.41) is 13.4. The second-order valence-corrected chi connectivity index (χ2v) is 9.94. The van der Waals surface area contributed by atoms with Crippen molar-refractivity contribution in [3.63, 3.8) is 0 Å². The van der Waals surface area contributed by atoms with Crippen molar-refractivity contribution < 1.29 is 41.4 Å². The van der Waals surface area contributed by atoms with Crippen LogP contribution < -0.4 is 5.32 Å². The molecule has 2 aromatic rings.